The standard InChI is InChI=1S/C15H17NO3S/c1-3-16(13-8-11(17)5-4-10(13)2)9-12-6-7-14(20-12)15(18)19/h4-8,17H,3,9H2,1-2H3,(H,18,19). The molecule has 1 heterocycles. The first-order valence-electron chi connectivity index (χ1n) is 6.38. The molecule has 0 saturated heterocycles. The van der Waals surface area contributed by atoms with E-state index in [-0.39, 0.29) is 5.75 Å². The summed E-state index contributed by atoms with van der Waals surface area (Å²) in [6, 6.07) is 8.76. The first-order chi connectivity index (χ1) is 9.51. The molecule has 0 radical (unpaired) electrons. The second-order valence-corrected chi connectivity index (χ2v) is 5.72. The molecule has 0 atom stereocenters. The first-order valence-corrected chi connectivity index (χ1v) is 7.19. The van der Waals surface area contributed by atoms with Crippen LogP contribution in [0.1, 0.15) is 27.0 Å². The molecule has 1 aromatic carbocycles. The lowest BCUT2D eigenvalue weighted by Gasteiger charge is -2.24. The van der Waals surface area contributed by atoms with Gasteiger partial charge in [0.25, 0.3) is 0 Å². The predicted molar refractivity (Wildman–Crippen MR) is 80.8 cm³/mol. The van der Waals surface area contributed by atoms with E-state index >= 15 is 0 Å². The van der Waals surface area contributed by atoms with Gasteiger partial charge in [0.1, 0.15) is 10.6 Å². The topological polar surface area (TPSA) is 60.8 Å². The van der Waals surface area contributed by atoms with Crippen molar-refractivity contribution in [3.63, 3.8) is 0 Å². The van der Waals surface area contributed by atoms with Crippen molar-refractivity contribution in [2.45, 2.75) is 20.4 Å². The maximum absolute atomic E-state index is 10.9. The minimum atomic E-state index is -0.891. The lowest BCUT2D eigenvalue weighted by atomic mass is 10.1. The Bertz CT molecular complexity index is 621. The number of rotatable bonds is 5. The van der Waals surface area contributed by atoms with E-state index in [1.54, 1.807) is 18.2 Å². The molecule has 20 heavy (non-hydrogen) atoms. The van der Waals surface area contributed by atoms with Gasteiger partial charge in [-0.2, -0.15) is 0 Å². The third-order valence-corrected chi connectivity index (χ3v) is 4.19. The van der Waals surface area contributed by atoms with Gasteiger partial charge < -0.3 is 15.1 Å². The van der Waals surface area contributed by atoms with E-state index in [1.807, 2.05) is 26.0 Å². The van der Waals surface area contributed by atoms with Crippen LogP contribution < -0.4 is 4.90 Å². The van der Waals surface area contributed by atoms with Crippen LogP contribution in [0.3, 0.4) is 0 Å². The van der Waals surface area contributed by atoms with Crippen molar-refractivity contribution < 1.29 is 15.0 Å². The Labute approximate surface area is 121 Å². The fourth-order valence-electron chi connectivity index (χ4n) is 2.07. The Morgan fingerprint density at radius 2 is 2.05 bits per heavy atom. The van der Waals surface area contributed by atoms with E-state index in [0.717, 1.165) is 22.7 Å². The molecule has 2 aromatic rings. The van der Waals surface area contributed by atoms with Crippen molar-refractivity contribution in [3.8, 4) is 5.75 Å². The van der Waals surface area contributed by atoms with Crippen molar-refractivity contribution in [2.75, 3.05) is 11.4 Å². The number of hydrogen-bond acceptors (Lipinski definition) is 4. The highest BCUT2D eigenvalue weighted by Gasteiger charge is 2.12. The minimum Gasteiger partial charge on any atom is -0.508 e. The summed E-state index contributed by atoms with van der Waals surface area (Å²) in [6.07, 6.45) is 0. The molecule has 5 heteroatoms. The molecule has 2 N–H and O–H groups in total. The molecule has 0 fully saturated rings. The number of nitrogens with zero attached hydrogens (tertiary/aromatic N) is 1. The molecule has 106 valence electrons. The number of carboxylic acid groups (broad SMARTS) is 1. The highest BCUT2D eigenvalue weighted by atomic mass is 32.1. The quantitative estimate of drug-likeness (QED) is 0.885. The van der Waals surface area contributed by atoms with Crippen molar-refractivity contribution in [1.82, 2.24) is 0 Å². The Balaban J connectivity index is 2.23. The van der Waals surface area contributed by atoms with Gasteiger partial charge >= 0.3 is 5.97 Å². The number of hydrogen-bond donors (Lipinski definition) is 2. The summed E-state index contributed by atoms with van der Waals surface area (Å²) in [4.78, 5) is 14.4. The normalized spacial score (nSPS) is 10.5. The van der Waals surface area contributed by atoms with E-state index in [9.17, 15) is 9.90 Å². The number of carboxylic acids is 1. The summed E-state index contributed by atoms with van der Waals surface area (Å²) in [5, 5.41) is 18.6. The number of thiophene rings is 1. The average Bonchev–Trinajstić information content (AvgIpc) is 2.88. The molecule has 0 spiro atoms. The fraction of sp³-hybridized carbons (Fsp3) is 0.267. The highest BCUT2D eigenvalue weighted by molar-refractivity contribution is 7.13. The van der Waals surface area contributed by atoms with Gasteiger partial charge in [0.2, 0.25) is 0 Å². The number of phenolic OH excluding ortho intramolecular Hbond substituents is 1. The van der Waals surface area contributed by atoms with Crippen LogP contribution in [-0.4, -0.2) is 22.7 Å². The monoisotopic (exact) mass is 291 g/mol. The van der Waals surface area contributed by atoms with Crippen molar-refractivity contribution in [1.29, 1.82) is 0 Å². The van der Waals surface area contributed by atoms with Crippen LogP contribution in [0.25, 0.3) is 0 Å². The van der Waals surface area contributed by atoms with Gasteiger partial charge in [-0.25, -0.2) is 4.79 Å². The molecule has 0 unspecified atom stereocenters. The summed E-state index contributed by atoms with van der Waals surface area (Å²) >= 11 is 1.29. The number of aromatic carboxylic acids is 1. The molecular formula is C15H17NO3S. The Kier molecular flexibility index (Phi) is 4.29. The van der Waals surface area contributed by atoms with Gasteiger partial charge in [0.05, 0.1) is 6.54 Å². The highest BCUT2D eigenvalue weighted by Crippen LogP contribution is 2.27. The lowest BCUT2D eigenvalue weighted by molar-refractivity contribution is 0.0702. The summed E-state index contributed by atoms with van der Waals surface area (Å²) in [7, 11) is 0. The van der Waals surface area contributed by atoms with Gasteiger partial charge in [-0.15, -0.1) is 11.3 Å². The smallest absolute Gasteiger partial charge is 0.345 e. The van der Waals surface area contributed by atoms with Gasteiger partial charge in [0.15, 0.2) is 0 Å². The fourth-order valence-corrected chi connectivity index (χ4v) is 2.93. The van der Waals surface area contributed by atoms with Crippen LogP contribution in [0.4, 0.5) is 5.69 Å². The van der Waals surface area contributed by atoms with Crippen LogP contribution in [0.5, 0.6) is 5.75 Å². The first kappa shape index (κ1) is 14.4. The van der Waals surface area contributed by atoms with E-state index in [1.165, 1.54) is 11.3 Å². The van der Waals surface area contributed by atoms with Crippen LogP contribution in [0.2, 0.25) is 0 Å². The number of carbonyl (C=O) groups is 1. The zero-order chi connectivity index (χ0) is 14.7. The molecule has 0 bridgehead atoms. The number of aryl methyl sites for hydroxylation is 1. The lowest BCUT2D eigenvalue weighted by Crippen LogP contribution is -2.22. The maximum Gasteiger partial charge on any atom is 0.345 e. The second kappa shape index (κ2) is 5.96. The summed E-state index contributed by atoms with van der Waals surface area (Å²) < 4.78 is 0. The van der Waals surface area contributed by atoms with Gasteiger partial charge in [-0.05, 0) is 37.6 Å². The molecule has 0 saturated carbocycles. The van der Waals surface area contributed by atoms with E-state index < -0.39 is 5.97 Å². The van der Waals surface area contributed by atoms with Crippen LogP contribution in [0, 0.1) is 6.92 Å². The second-order valence-electron chi connectivity index (χ2n) is 4.56. The van der Waals surface area contributed by atoms with Crippen molar-refractivity contribution in [2.24, 2.45) is 0 Å². The Morgan fingerprint density at radius 1 is 1.30 bits per heavy atom. The molecular weight excluding hydrogens is 274 g/mol. The van der Waals surface area contributed by atoms with Gasteiger partial charge in [0, 0.05) is 23.2 Å². The number of phenols is 1. The van der Waals surface area contributed by atoms with Crippen LogP contribution in [0.15, 0.2) is 30.3 Å². The molecule has 4 nitrogen and oxygen atoms in total. The number of benzene rings is 1. The molecule has 2 rings (SSSR count). The zero-order valence-corrected chi connectivity index (χ0v) is 12.3. The summed E-state index contributed by atoms with van der Waals surface area (Å²) in [6.45, 7) is 5.45. The van der Waals surface area contributed by atoms with E-state index in [0.29, 0.717) is 11.4 Å². The third-order valence-electron chi connectivity index (χ3n) is 3.13. The average molecular weight is 291 g/mol. The summed E-state index contributed by atoms with van der Waals surface area (Å²) in [5.41, 5.74) is 2.05. The van der Waals surface area contributed by atoms with Crippen molar-refractivity contribution in [3.05, 3.63) is 45.6 Å². The number of aromatic hydroxyl groups is 1. The van der Waals surface area contributed by atoms with Crippen LogP contribution in [-0.2, 0) is 6.54 Å². The molecule has 0 aliphatic carbocycles. The largest absolute Gasteiger partial charge is 0.508 e. The van der Waals surface area contributed by atoms with Crippen LogP contribution >= 0.6 is 11.3 Å². The maximum atomic E-state index is 10.9. The molecule has 0 aliphatic heterocycles. The Hall–Kier alpha value is -2.01. The van der Waals surface area contributed by atoms with E-state index in [4.69, 9.17) is 5.11 Å². The Morgan fingerprint density at radius 3 is 2.65 bits per heavy atom. The molecule has 0 aliphatic rings. The van der Waals surface area contributed by atoms with Crippen molar-refractivity contribution >= 4 is 23.0 Å². The van der Waals surface area contributed by atoms with Gasteiger partial charge in [-0.1, -0.05) is 6.07 Å². The molecule has 0 amide bonds. The SMILES string of the molecule is CCN(Cc1ccc(C(=O)O)s1)c1cc(O)ccc1C. The molecule has 1 aromatic heterocycles. The summed E-state index contributed by atoms with van der Waals surface area (Å²) in [5.74, 6) is -0.653. The third kappa shape index (κ3) is 3.11. The number of anilines is 1. The minimum absolute atomic E-state index is 0.237. The predicted octanol–water partition coefficient (Wildman–Crippen LogP) is 3.49. The van der Waals surface area contributed by atoms with E-state index in [2.05, 4.69) is 4.90 Å². The van der Waals surface area contributed by atoms with Gasteiger partial charge in [-0.3, -0.25) is 0 Å². The zero-order valence-electron chi connectivity index (χ0n) is 11.5.